The van der Waals surface area contributed by atoms with Crippen molar-refractivity contribution in [2.45, 2.75) is 52.7 Å². The van der Waals surface area contributed by atoms with Crippen LogP contribution < -0.4 is 0 Å². The first-order valence-corrected chi connectivity index (χ1v) is 8.48. The smallest absolute Gasteiger partial charge is 0.212 e. The molecule has 0 aliphatic rings. The van der Waals surface area contributed by atoms with Crippen LogP contribution in [0.5, 0.6) is 0 Å². The molecule has 0 bridgehead atoms. The lowest BCUT2D eigenvalue weighted by molar-refractivity contribution is -0.261. The van der Waals surface area contributed by atoms with Crippen LogP contribution in [-0.4, -0.2) is 13.1 Å². The predicted octanol–water partition coefficient (Wildman–Crippen LogP) is 4.85. The van der Waals surface area contributed by atoms with E-state index in [1.54, 1.807) is 0 Å². The van der Waals surface area contributed by atoms with Gasteiger partial charge in [0.15, 0.2) is 0 Å². The highest BCUT2D eigenvalue weighted by atomic mass is 16.4. The number of hydrogen-bond acceptors (Lipinski definition) is 2. The number of hydrogen-bond donors (Lipinski definition) is 2. The van der Waals surface area contributed by atoms with Crippen LogP contribution in [0.4, 0.5) is 0 Å². The van der Waals surface area contributed by atoms with Crippen molar-refractivity contribution in [3.63, 3.8) is 0 Å². The van der Waals surface area contributed by atoms with Gasteiger partial charge in [0.2, 0.25) is 2.86 Å². The fraction of sp³-hybridized carbons (Fsp3) is 0.455. The van der Waals surface area contributed by atoms with Crippen molar-refractivity contribution in [1.82, 2.24) is 0 Å². The average molecular weight is 328 g/mol. The highest BCUT2D eigenvalue weighted by Crippen LogP contribution is 2.58. The second-order valence-corrected chi connectivity index (χ2v) is 8.59. The van der Waals surface area contributed by atoms with Crippen molar-refractivity contribution in [1.29, 1.82) is 2.86 Å². The molecular weight excluding hydrogens is 296 g/mol. The monoisotopic (exact) mass is 328 g/mol. The third kappa shape index (κ3) is 2.68. The van der Waals surface area contributed by atoms with E-state index in [0.717, 1.165) is 11.1 Å². The van der Waals surface area contributed by atoms with Gasteiger partial charge in [-0.1, -0.05) is 102 Å². The zero-order chi connectivity index (χ0) is 19.6. The summed E-state index contributed by atoms with van der Waals surface area (Å²) in [5, 5.41) is 11.3. The van der Waals surface area contributed by atoms with Gasteiger partial charge in [-0.25, -0.2) is 0 Å². The first-order chi connectivity index (χ1) is 12.1. The number of rotatable bonds is 5. The van der Waals surface area contributed by atoms with Gasteiger partial charge in [0.05, 0.1) is 0 Å². The van der Waals surface area contributed by atoms with Crippen molar-refractivity contribution >= 4 is 0 Å². The highest BCUT2D eigenvalue weighted by Gasteiger charge is 2.63. The van der Waals surface area contributed by atoms with Gasteiger partial charge in [-0.2, -0.15) is 0 Å². The lowest BCUT2D eigenvalue weighted by Crippen LogP contribution is -2.62. The molecule has 0 spiro atoms. The molecule has 2 nitrogen and oxygen atoms in total. The molecule has 0 aliphatic heterocycles. The van der Waals surface area contributed by atoms with Gasteiger partial charge in [0.25, 0.3) is 0 Å². The van der Waals surface area contributed by atoms with E-state index < -0.39 is 22.0 Å². The van der Waals surface area contributed by atoms with E-state index in [1.807, 2.05) is 102 Å². The third-order valence-corrected chi connectivity index (χ3v) is 4.97. The Balaban J connectivity index is 3.02. The zero-order valence-corrected chi connectivity index (χ0v) is 15.6. The minimum Gasteiger partial charge on any atom is -0.381 e. The Morgan fingerprint density at radius 2 is 0.875 bits per heavy atom. The van der Waals surface area contributed by atoms with E-state index in [4.69, 9.17) is 13.1 Å². The molecule has 0 aliphatic carbocycles. The van der Waals surface area contributed by atoms with Crippen LogP contribution in [0.25, 0.3) is 0 Å². The van der Waals surface area contributed by atoms with Gasteiger partial charge < -0.3 is 10.2 Å². The SMILES string of the molecule is [2H]O[C@@](c1ccccc1)(C(C)(C)C)[C@](O[2H])(c1ccccc1)C(C)(C)C. The molecule has 0 heterocycles. The quantitative estimate of drug-likeness (QED) is 0.823. The van der Waals surface area contributed by atoms with Gasteiger partial charge in [-0.15, -0.1) is 0 Å². The molecule has 0 amide bonds. The molecule has 0 saturated carbocycles. The van der Waals surface area contributed by atoms with E-state index >= 15 is 0 Å². The van der Waals surface area contributed by atoms with E-state index in [0.29, 0.717) is 0 Å². The summed E-state index contributed by atoms with van der Waals surface area (Å²) in [6.07, 6.45) is 0. The minimum absolute atomic E-state index is 0.541. The van der Waals surface area contributed by atoms with Crippen LogP contribution >= 0.6 is 0 Å². The zero-order valence-electron chi connectivity index (χ0n) is 17.6. The molecule has 0 fully saturated rings. The Kier molecular flexibility index (Phi) is 3.98. The largest absolute Gasteiger partial charge is 0.381 e. The first-order valence-electron chi connectivity index (χ1n) is 9.30. The molecule has 2 heteroatoms. The van der Waals surface area contributed by atoms with E-state index in [-0.39, 0.29) is 0 Å². The van der Waals surface area contributed by atoms with Crippen LogP contribution in [0.15, 0.2) is 60.7 Å². The maximum absolute atomic E-state index is 8.23. The Bertz CT molecular complexity index is 641. The Morgan fingerprint density at radius 1 is 0.583 bits per heavy atom. The molecule has 0 radical (unpaired) electrons. The summed E-state index contributed by atoms with van der Waals surface area (Å²) in [6, 6.07) is 19.4. The molecular formula is C22H30O2. The summed E-state index contributed by atoms with van der Waals surface area (Å²) >= 11 is 0. The van der Waals surface area contributed by atoms with Gasteiger partial charge in [0.1, 0.15) is 11.2 Å². The van der Waals surface area contributed by atoms with E-state index in [2.05, 4.69) is 0 Å². The molecule has 0 unspecified atom stereocenters. The second-order valence-electron chi connectivity index (χ2n) is 8.59. The lowest BCUT2D eigenvalue weighted by atomic mass is 9.53. The Labute approximate surface area is 149 Å². The fourth-order valence-corrected chi connectivity index (χ4v) is 3.67. The molecule has 0 aromatic heterocycles. The van der Waals surface area contributed by atoms with Crippen molar-refractivity contribution in [3.05, 3.63) is 71.8 Å². The average Bonchev–Trinajstić information content (AvgIpc) is 2.59. The summed E-state index contributed by atoms with van der Waals surface area (Å²) in [4.78, 5) is 0. The lowest BCUT2D eigenvalue weighted by Gasteiger charge is -2.57. The molecule has 24 heavy (non-hydrogen) atoms. The maximum Gasteiger partial charge on any atom is 0.212 e. The molecule has 2 aromatic rings. The maximum atomic E-state index is 8.23. The summed E-state index contributed by atoms with van der Waals surface area (Å²) in [5.74, 6) is 0. The number of benzene rings is 2. The fourth-order valence-electron chi connectivity index (χ4n) is 3.67. The van der Waals surface area contributed by atoms with E-state index in [1.165, 1.54) is 0 Å². The minimum atomic E-state index is -1.22. The molecule has 2 N–H and O–H groups in total. The van der Waals surface area contributed by atoms with Crippen molar-refractivity contribution in [3.8, 4) is 0 Å². The first kappa shape index (κ1) is 15.9. The van der Waals surface area contributed by atoms with Gasteiger partial charge in [-0.05, 0) is 22.0 Å². The summed E-state index contributed by atoms with van der Waals surface area (Å²) in [7, 11) is 0. The molecule has 0 saturated heterocycles. The third-order valence-electron chi connectivity index (χ3n) is 4.97. The van der Waals surface area contributed by atoms with Gasteiger partial charge in [0, 0.05) is 0 Å². The van der Waals surface area contributed by atoms with Gasteiger partial charge in [-0.3, -0.25) is 0 Å². The standard InChI is InChI=1S/C22H30O2/c1-19(2,3)21(23,17-13-9-7-10-14-17)22(24,20(4,5)6)18-15-11-8-12-16-18/h7-16,23-24H,1-6H3/t21-,22-/m0/s1/i23D,24D. The normalized spacial score (nSPS) is 18.9. The Hall–Kier alpha value is -1.64. The van der Waals surface area contributed by atoms with Crippen LogP contribution in [0, 0.1) is 10.8 Å². The topological polar surface area (TPSA) is 40.5 Å². The van der Waals surface area contributed by atoms with Crippen molar-refractivity contribution in [2.24, 2.45) is 10.8 Å². The summed E-state index contributed by atoms with van der Waals surface area (Å²) in [5.41, 5.74) is -1.90. The highest BCUT2D eigenvalue weighted by molar-refractivity contribution is 5.37. The van der Waals surface area contributed by atoms with Crippen molar-refractivity contribution < 1.29 is 10.2 Å². The molecule has 2 aromatic carbocycles. The number of aliphatic hydroxyl groups is 2. The molecule has 2 atom stereocenters. The van der Waals surface area contributed by atoms with E-state index in [9.17, 15) is 0 Å². The second kappa shape index (κ2) is 6.02. The van der Waals surface area contributed by atoms with Crippen LogP contribution in [-0.2, 0) is 11.2 Å². The molecule has 2 rings (SSSR count). The summed E-state index contributed by atoms with van der Waals surface area (Å²) < 4.78 is 16.5. The van der Waals surface area contributed by atoms with Crippen molar-refractivity contribution in [2.75, 3.05) is 0 Å². The molecule has 130 valence electrons. The van der Waals surface area contributed by atoms with Gasteiger partial charge >= 0.3 is 0 Å². The van der Waals surface area contributed by atoms with Crippen LogP contribution in [0.3, 0.4) is 0 Å². The predicted molar refractivity (Wildman–Crippen MR) is 99.6 cm³/mol. The van der Waals surface area contributed by atoms with Crippen LogP contribution in [0.2, 0.25) is 0 Å². The Morgan fingerprint density at radius 3 is 1.08 bits per heavy atom. The summed E-state index contributed by atoms with van der Waals surface area (Å²) in [6.45, 7) is 12.1. The van der Waals surface area contributed by atoms with Crippen LogP contribution in [0.1, 0.15) is 52.7 Å².